The molecule has 2 aliphatic rings. The number of rotatable bonds is 4. The van der Waals surface area contributed by atoms with Crippen LogP contribution in [0.5, 0.6) is 0 Å². The Labute approximate surface area is 174 Å². The molecule has 1 N–H and O–H groups in total. The quantitative estimate of drug-likeness (QED) is 0.610. The first-order valence-corrected chi connectivity index (χ1v) is 10.4. The van der Waals surface area contributed by atoms with Crippen LogP contribution in [0.2, 0.25) is 0 Å². The summed E-state index contributed by atoms with van der Waals surface area (Å²) < 4.78 is 5.36. The third-order valence-electron chi connectivity index (χ3n) is 4.97. The zero-order chi connectivity index (χ0) is 20.4. The van der Waals surface area contributed by atoms with Crippen LogP contribution >= 0.6 is 11.8 Å². The van der Waals surface area contributed by atoms with E-state index < -0.39 is 6.04 Å². The fraction of sp³-hybridized carbons (Fsp3) is 0.217. The van der Waals surface area contributed by atoms with Crippen molar-refractivity contribution in [1.29, 1.82) is 0 Å². The van der Waals surface area contributed by atoms with Gasteiger partial charge in [0.1, 0.15) is 0 Å². The van der Waals surface area contributed by atoms with Gasteiger partial charge in [-0.1, -0.05) is 60.7 Å². The second kappa shape index (κ2) is 8.17. The van der Waals surface area contributed by atoms with Crippen molar-refractivity contribution in [2.24, 2.45) is 0 Å². The van der Waals surface area contributed by atoms with Crippen LogP contribution in [0.1, 0.15) is 31.0 Å². The molecule has 2 aliphatic heterocycles. The summed E-state index contributed by atoms with van der Waals surface area (Å²) in [7, 11) is 0. The Hall–Kier alpha value is -2.99. The predicted octanol–water partition coefficient (Wildman–Crippen LogP) is 4.07. The molecule has 148 valence electrons. The molecule has 2 heterocycles. The van der Waals surface area contributed by atoms with Crippen molar-refractivity contribution in [3.63, 3.8) is 0 Å². The third-order valence-corrected chi connectivity index (χ3v) is 5.96. The molecular formula is C23H22N2O3S. The summed E-state index contributed by atoms with van der Waals surface area (Å²) in [5, 5.41) is 3.30. The van der Waals surface area contributed by atoms with E-state index in [2.05, 4.69) is 5.32 Å². The van der Waals surface area contributed by atoms with Gasteiger partial charge in [-0.15, -0.1) is 0 Å². The molecule has 2 atom stereocenters. The predicted molar refractivity (Wildman–Crippen MR) is 114 cm³/mol. The summed E-state index contributed by atoms with van der Waals surface area (Å²) in [6.45, 7) is 3.95. The Morgan fingerprint density at radius 1 is 1.14 bits per heavy atom. The fourth-order valence-corrected chi connectivity index (χ4v) is 4.78. The fourth-order valence-electron chi connectivity index (χ4n) is 3.71. The molecule has 0 saturated carbocycles. The average Bonchev–Trinajstić information content (AvgIpc) is 3.03. The van der Waals surface area contributed by atoms with E-state index in [1.165, 1.54) is 11.8 Å². The molecule has 2 aromatic carbocycles. The Balaban J connectivity index is 1.86. The van der Waals surface area contributed by atoms with Gasteiger partial charge < -0.3 is 15.0 Å². The monoisotopic (exact) mass is 406 g/mol. The number of carbonyl (C=O) groups is 2. The van der Waals surface area contributed by atoms with Crippen LogP contribution in [-0.4, -0.2) is 28.1 Å². The van der Waals surface area contributed by atoms with Crippen molar-refractivity contribution in [1.82, 2.24) is 10.2 Å². The van der Waals surface area contributed by atoms with Crippen molar-refractivity contribution in [2.45, 2.75) is 25.4 Å². The van der Waals surface area contributed by atoms with Gasteiger partial charge in [-0.2, -0.15) is 0 Å². The van der Waals surface area contributed by atoms with Gasteiger partial charge in [0.2, 0.25) is 5.12 Å². The summed E-state index contributed by atoms with van der Waals surface area (Å²) in [6.07, 6.45) is 1.89. The van der Waals surface area contributed by atoms with Crippen molar-refractivity contribution in [3.8, 4) is 0 Å². The van der Waals surface area contributed by atoms with Crippen molar-refractivity contribution < 1.29 is 14.3 Å². The van der Waals surface area contributed by atoms with Crippen LogP contribution in [0.3, 0.4) is 0 Å². The van der Waals surface area contributed by atoms with Crippen LogP contribution in [0.25, 0.3) is 6.08 Å². The lowest BCUT2D eigenvalue weighted by atomic mass is 9.93. The molecule has 0 aromatic heterocycles. The smallest absolute Gasteiger partial charge is 0.338 e. The van der Waals surface area contributed by atoms with Gasteiger partial charge in [-0.3, -0.25) is 4.79 Å². The van der Waals surface area contributed by atoms with E-state index in [0.717, 1.165) is 16.8 Å². The molecule has 1 fully saturated rings. The molecule has 0 amide bonds. The molecule has 0 radical (unpaired) electrons. The minimum Gasteiger partial charge on any atom is -0.463 e. The highest BCUT2D eigenvalue weighted by Crippen LogP contribution is 2.46. The second-order valence-corrected chi connectivity index (χ2v) is 7.87. The van der Waals surface area contributed by atoms with Gasteiger partial charge in [0, 0.05) is 5.70 Å². The molecule has 6 heteroatoms. The lowest BCUT2D eigenvalue weighted by molar-refractivity contribution is -0.139. The number of benzene rings is 2. The van der Waals surface area contributed by atoms with E-state index in [4.69, 9.17) is 4.74 Å². The SMILES string of the molecule is CCOC(=O)C1=C(C)NC2SC(=O)/C(=C\c3ccccc3)N2C1c1ccccc1. The highest BCUT2D eigenvalue weighted by molar-refractivity contribution is 8.15. The summed E-state index contributed by atoms with van der Waals surface area (Å²) in [5.41, 5.74) is 3.44. The zero-order valence-corrected chi connectivity index (χ0v) is 17.1. The molecule has 2 aromatic rings. The minimum atomic E-state index is -0.407. The number of carbonyl (C=O) groups excluding carboxylic acids is 2. The van der Waals surface area contributed by atoms with Crippen LogP contribution < -0.4 is 5.32 Å². The first-order valence-electron chi connectivity index (χ1n) is 9.55. The molecule has 0 spiro atoms. The van der Waals surface area contributed by atoms with Gasteiger partial charge in [-0.05, 0) is 42.8 Å². The number of esters is 1. The standard InChI is InChI=1S/C23H22N2O3S/c1-3-28-21(26)19-15(2)24-23-25(20(19)17-12-8-5-9-13-17)18(22(27)29-23)14-16-10-6-4-7-11-16/h4-14,20,23-24H,3H2,1-2H3/b18-14+. The molecule has 0 aliphatic carbocycles. The van der Waals surface area contributed by atoms with Gasteiger partial charge in [0.25, 0.3) is 0 Å². The van der Waals surface area contributed by atoms with Crippen LogP contribution in [-0.2, 0) is 14.3 Å². The van der Waals surface area contributed by atoms with Crippen LogP contribution in [0.15, 0.2) is 77.6 Å². The van der Waals surface area contributed by atoms with Crippen LogP contribution in [0, 0.1) is 0 Å². The normalized spacial score (nSPS) is 22.5. The van der Waals surface area contributed by atoms with Crippen molar-refractivity contribution in [2.75, 3.05) is 6.61 Å². The van der Waals surface area contributed by atoms with Gasteiger partial charge in [0.05, 0.1) is 23.9 Å². The minimum absolute atomic E-state index is 0.0230. The number of allylic oxidation sites excluding steroid dienone is 1. The number of nitrogens with one attached hydrogen (secondary N) is 1. The number of ether oxygens (including phenoxy) is 1. The Bertz CT molecular complexity index is 986. The first-order chi connectivity index (χ1) is 14.1. The largest absolute Gasteiger partial charge is 0.463 e. The average molecular weight is 407 g/mol. The van der Waals surface area contributed by atoms with E-state index in [-0.39, 0.29) is 16.6 Å². The second-order valence-electron chi connectivity index (χ2n) is 6.82. The van der Waals surface area contributed by atoms with Crippen molar-refractivity contribution in [3.05, 3.63) is 88.8 Å². The Morgan fingerprint density at radius 3 is 2.45 bits per heavy atom. The maximum atomic E-state index is 12.9. The number of thioether (sulfide) groups is 1. The molecule has 0 bridgehead atoms. The molecule has 1 saturated heterocycles. The number of hydrogen-bond donors (Lipinski definition) is 1. The van der Waals surface area contributed by atoms with Crippen LogP contribution in [0.4, 0.5) is 0 Å². The number of hydrogen-bond acceptors (Lipinski definition) is 6. The van der Waals surface area contributed by atoms with Gasteiger partial charge >= 0.3 is 5.97 Å². The maximum absolute atomic E-state index is 12.9. The van der Waals surface area contributed by atoms with Gasteiger partial charge in [-0.25, -0.2) is 4.79 Å². The summed E-state index contributed by atoms with van der Waals surface area (Å²) in [5.74, 6) is -0.367. The molecule has 29 heavy (non-hydrogen) atoms. The molecule has 4 rings (SSSR count). The summed E-state index contributed by atoms with van der Waals surface area (Å²) in [4.78, 5) is 27.8. The third kappa shape index (κ3) is 3.68. The molecular weight excluding hydrogens is 384 g/mol. The van der Waals surface area contributed by atoms with E-state index in [9.17, 15) is 9.59 Å². The van der Waals surface area contributed by atoms with Gasteiger partial charge in [0.15, 0.2) is 5.50 Å². The van der Waals surface area contributed by atoms with E-state index in [1.807, 2.05) is 78.6 Å². The summed E-state index contributed by atoms with van der Waals surface area (Å²) >= 11 is 1.23. The highest BCUT2D eigenvalue weighted by atomic mass is 32.2. The summed E-state index contributed by atoms with van der Waals surface area (Å²) in [6, 6.07) is 19.1. The molecule has 2 unspecified atom stereocenters. The maximum Gasteiger partial charge on any atom is 0.338 e. The van der Waals surface area contributed by atoms with E-state index >= 15 is 0 Å². The molecule has 5 nitrogen and oxygen atoms in total. The lowest BCUT2D eigenvalue weighted by Gasteiger charge is -2.41. The zero-order valence-electron chi connectivity index (χ0n) is 16.3. The topological polar surface area (TPSA) is 58.6 Å². The Kier molecular flexibility index (Phi) is 5.45. The lowest BCUT2D eigenvalue weighted by Crippen LogP contribution is -2.47. The first kappa shape index (κ1) is 19.3. The highest BCUT2D eigenvalue weighted by Gasteiger charge is 2.47. The number of nitrogens with zero attached hydrogens (tertiary/aromatic N) is 1. The van der Waals surface area contributed by atoms with E-state index in [1.54, 1.807) is 6.92 Å². The van der Waals surface area contributed by atoms with E-state index in [0.29, 0.717) is 17.9 Å². The Morgan fingerprint density at radius 2 is 1.79 bits per heavy atom. The number of fused-ring (bicyclic) bond motifs is 1. The van der Waals surface area contributed by atoms with Crippen molar-refractivity contribution >= 4 is 28.9 Å².